The van der Waals surface area contributed by atoms with E-state index in [0.29, 0.717) is 41.0 Å². The van der Waals surface area contributed by atoms with E-state index < -0.39 is 23.3 Å². The number of rotatable bonds is 7. The molecule has 0 bridgehead atoms. The lowest BCUT2D eigenvalue weighted by atomic mass is 9.87. The number of thiazole rings is 1. The summed E-state index contributed by atoms with van der Waals surface area (Å²) < 4.78 is 6.70. The highest BCUT2D eigenvalue weighted by molar-refractivity contribution is 7.21. The summed E-state index contributed by atoms with van der Waals surface area (Å²) >= 11 is 1.50. The number of nitrogens with zero attached hydrogens (tertiary/aromatic N) is 4. The van der Waals surface area contributed by atoms with E-state index in [-0.39, 0.29) is 12.5 Å². The van der Waals surface area contributed by atoms with Crippen LogP contribution in [-0.2, 0) is 4.74 Å². The third-order valence-corrected chi connectivity index (χ3v) is 8.29. The average molecular weight is 515 g/mol. The van der Waals surface area contributed by atoms with Crippen molar-refractivity contribution < 1.29 is 20.1 Å². The van der Waals surface area contributed by atoms with Gasteiger partial charge in [-0.15, -0.1) is 11.3 Å². The normalized spacial score (nSPS) is 26.6. The van der Waals surface area contributed by atoms with Crippen molar-refractivity contribution in [3.8, 4) is 10.6 Å². The zero-order valence-corrected chi connectivity index (χ0v) is 21.9. The van der Waals surface area contributed by atoms with Crippen LogP contribution in [0.1, 0.15) is 50.9 Å². The molecule has 5 N–H and O–H groups in total. The molecule has 1 saturated carbocycles. The highest BCUT2D eigenvalue weighted by Crippen LogP contribution is 2.43. The van der Waals surface area contributed by atoms with Crippen LogP contribution in [0.4, 0.5) is 11.8 Å². The Bertz CT molecular complexity index is 1260. The van der Waals surface area contributed by atoms with Crippen molar-refractivity contribution >= 4 is 33.3 Å². The second-order valence-electron chi connectivity index (χ2n) is 10.4. The molecule has 1 aliphatic carbocycles. The largest absolute Gasteiger partial charge is 0.390 e. The lowest BCUT2D eigenvalue weighted by Gasteiger charge is -2.34. The number of ether oxygens (including phenoxy) is 1. The van der Waals surface area contributed by atoms with Crippen molar-refractivity contribution in [2.75, 3.05) is 23.8 Å². The molecule has 4 heterocycles. The summed E-state index contributed by atoms with van der Waals surface area (Å²) in [6.45, 7) is 8.44. The molecule has 5 rings (SSSR count). The fraction of sp³-hybridized carbons (Fsp3) is 0.600. The summed E-state index contributed by atoms with van der Waals surface area (Å²) in [4.78, 5) is 18.6. The standard InChI is InChI=1S/C25H34N6O4S/c1-13-18(22-29-19-14(2)26-10-8-17(19)36-22)21(30-23(28-13)27-12-15-6-5-11-35-15)31-25(34)9-7-16(20(25)32)24(3,4)33/h8,10,15-16,20,32-34H,5-7,9,11-12H2,1-4H3,(H2,27,28,30,31). The predicted molar refractivity (Wildman–Crippen MR) is 139 cm³/mol. The Morgan fingerprint density at radius 2 is 2.00 bits per heavy atom. The number of aryl methyl sites for hydroxylation is 2. The monoisotopic (exact) mass is 514 g/mol. The van der Waals surface area contributed by atoms with Crippen molar-refractivity contribution in [3.63, 3.8) is 0 Å². The van der Waals surface area contributed by atoms with Gasteiger partial charge in [-0.2, -0.15) is 4.98 Å². The van der Waals surface area contributed by atoms with Crippen LogP contribution in [-0.4, -0.2) is 71.9 Å². The maximum atomic E-state index is 11.5. The van der Waals surface area contributed by atoms with Gasteiger partial charge in [0.15, 0.2) is 5.72 Å². The van der Waals surface area contributed by atoms with Gasteiger partial charge >= 0.3 is 0 Å². The number of hydrogen-bond acceptors (Lipinski definition) is 11. The Hall–Kier alpha value is -2.44. The van der Waals surface area contributed by atoms with E-state index in [9.17, 15) is 15.3 Å². The van der Waals surface area contributed by atoms with Gasteiger partial charge in [0.05, 0.1) is 33.4 Å². The molecule has 1 aliphatic heterocycles. The number of pyridine rings is 1. The first-order valence-corrected chi connectivity index (χ1v) is 13.2. The van der Waals surface area contributed by atoms with Crippen LogP contribution in [0.25, 0.3) is 20.8 Å². The quantitative estimate of drug-likeness (QED) is 0.298. The number of anilines is 2. The van der Waals surface area contributed by atoms with Crippen molar-refractivity contribution in [1.82, 2.24) is 19.9 Å². The Morgan fingerprint density at radius 3 is 2.67 bits per heavy atom. The Labute approximate surface area is 214 Å². The van der Waals surface area contributed by atoms with E-state index in [2.05, 4.69) is 20.6 Å². The molecule has 4 atom stereocenters. The fourth-order valence-electron chi connectivity index (χ4n) is 5.19. The van der Waals surface area contributed by atoms with Gasteiger partial charge < -0.3 is 30.7 Å². The molecule has 11 heteroatoms. The van der Waals surface area contributed by atoms with Gasteiger partial charge in [0.25, 0.3) is 0 Å². The summed E-state index contributed by atoms with van der Waals surface area (Å²) in [7, 11) is 0. The molecular formula is C25H34N6O4S. The van der Waals surface area contributed by atoms with Gasteiger partial charge in [-0.1, -0.05) is 0 Å². The van der Waals surface area contributed by atoms with E-state index in [1.165, 1.54) is 11.3 Å². The van der Waals surface area contributed by atoms with E-state index >= 15 is 0 Å². The minimum Gasteiger partial charge on any atom is -0.390 e. The lowest BCUT2D eigenvalue weighted by Crippen LogP contribution is -2.51. The molecule has 0 aromatic carbocycles. The summed E-state index contributed by atoms with van der Waals surface area (Å²) in [6.07, 6.45) is 3.42. The molecule has 0 spiro atoms. The van der Waals surface area contributed by atoms with E-state index in [0.717, 1.165) is 35.4 Å². The molecule has 2 fully saturated rings. The van der Waals surface area contributed by atoms with Gasteiger partial charge in [0.2, 0.25) is 5.95 Å². The summed E-state index contributed by atoms with van der Waals surface area (Å²) in [5, 5.41) is 40.1. The average Bonchev–Trinajstić information content (AvgIpc) is 3.52. The van der Waals surface area contributed by atoms with Crippen LogP contribution >= 0.6 is 11.3 Å². The first-order valence-electron chi connectivity index (χ1n) is 12.4. The molecule has 0 radical (unpaired) electrons. The molecule has 194 valence electrons. The summed E-state index contributed by atoms with van der Waals surface area (Å²) in [6, 6.07) is 1.92. The summed E-state index contributed by atoms with van der Waals surface area (Å²) in [5.74, 6) is 0.290. The minimum atomic E-state index is -1.67. The van der Waals surface area contributed by atoms with E-state index in [1.54, 1.807) is 20.0 Å². The second kappa shape index (κ2) is 9.46. The van der Waals surface area contributed by atoms with Crippen molar-refractivity contribution in [3.05, 3.63) is 23.7 Å². The topological polar surface area (TPSA) is 146 Å². The maximum Gasteiger partial charge on any atom is 0.224 e. The smallest absolute Gasteiger partial charge is 0.224 e. The van der Waals surface area contributed by atoms with E-state index in [1.807, 2.05) is 19.9 Å². The number of fused-ring (bicyclic) bond motifs is 1. The first-order chi connectivity index (χ1) is 17.0. The SMILES string of the molecule is Cc1nc(NCC2CCCO2)nc(NC2(O)CCC(C(C)(C)O)C2O)c1-c1nc2c(C)nccc2s1. The van der Waals surface area contributed by atoms with Gasteiger partial charge in [0.1, 0.15) is 22.4 Å². The number of aromatic nitrogens is 4. The number of aliphatic hydroxyl groups excluding tert-OH is 1. The van der Waals surface area contributed by atoms with Crippen molar-refractivity contribution in [2.24, 2.45) is 5.92 Å². The van der Waals surface area contributed by atoms with Gasteiger partial charge in [0, 0.05) is 25.3 Å². The van der Waals surface area contributed by atoms with Gasteiger partial charge in [-0.05, 0) is 59.4 Å². The minimum absolute atomic E-state index is 0.109. The summed E-state index contributed by atoms with van der Waals surface area (Å²) in [5.41, 5.74) is 0.176. The maximum absolute atomic E-state index is 11.5. The highest BCUT2D eigenvalue weighted by atomic mass is 32.1. The van der Waals surface area contributed by atoms with E-state index in [4.69, 9.17) is 14.7 Å². The van der Waals surface area contributed by atoms with Crippen LogP contribution in [0.15, 0.2) is 12.3 Å². The third-order valence-electron chi connectivity index (χ3n) is 7.25. The number of nitrogens with one attached hydrogen (secondary N) is 2. The molecule has 36 heavy (non-hydrogen) atoms. The number of hydrogen-bond donors (Lipinski definition) is 5. The third kappa shape index (κ3) is 4.78. The first kappa shape index (κ1) is 25.2. The Kier molecular flexibility index (Phi) is 6.63. The van der Waals surface area contributed by atoms with Crippen LogP contribution in [0.2, 0.25) is 0 Å². The van der Waals surface area contributed by atoms with Gasteiger partial charge in [-0.3, -0.25) is 4.98 Å². The second-order valence-corrected chi connectivity index (χ2v) is 11.5. The van der Waals surface area contributed by atoms with Crippen molar-refractivity contribution in [1.29, 1.82) is 0 Å². The lowest BCUT2D eigenvalue weighted by molar-refractivity contribution is -0.0926. The van der Waals surface area contributed by atoms with Crippen LogP contribution in [0.3, 0.4) is 0 Å². The van der Waals surface area contributed by atoms with Crippen LogP contribution in [0.5, 0.6) is 0 Å². The molecular weight excluding hydrogens is 480 g/mol. The number of aliphatic hydroxyl groups is 3. The molecule has 3 aromatic heterocycles. The predicted octanol–water partition coefficient (Wildman–Crippen LogP) is 3.00. The van der Waals surface area contributed by atoms with Crippen molar-refractivity contribution in [2.45, 2.75) is 76.9 Å². The molecule has 3 aromatic rings. The molecule has 10 nitrogen and oxygen atoms in total. The van der Waals surface area contributed by atoms with Gasteiger partial charge in [-0.25, -0.2) is 9.97 Å². The van der Waals surface area contributed by atoms with Crippen LogP contribution < -0.4 is 10.6 Å². The molecule has 2 aliphatic rings. The zero-order chi connectivity index (χ0) is 25.7. The molecule has 0 amide bonds. The zero-order valence-electron chi connectivity index (χ0n) is 21.1. The Balaban J connectivity index is 1.54. The highest BCUT2D eigenvalue weighted by Gasteiger charge is 2.52. The van der Waals surface area contributed by atoms with Crippen LogP contribution in [0, 0.1) is 19.8 Å². The Morgan fingerprint density at radius 1 is 1.19 bits per heavy atom. The molecule has 1 saturated heterocycles. The molecule has 4 unspecified atom stereocenters. The fourth-order valence-corrected chi connectivity index (χ4v) is 6.30.